The van der Waals surface area contributed by atoms with Gasteiger partial charge in [0.1, 0.15) is 23.1 Å². The number of hydrogen-bond acceptors (Lipinski definition) is 6. The second-order valence-corrected chi connectivity index (χ2v) is 8.43. The van der Waals surface area contributed by atoms with E-state index in [0.29, 0.717) is 48.1 Å². The highest BCUT2D eigenvalue weighted by molar-refractivity contribution is 6.11. The van der Waals surface area contributed by atoms with E-state index in [0.717, 1.165) is 16.5 Å². The molecule has 0 fully saturated rings. The molecule has 9 heteroatoms. The van der Waals surface area contributed by atoms with Crippen molar-refractivity contribution in [3.63, 3.8) is 0 Å². The summed E-state index contributed by atoms with van der Waals surface area (Å²) in [5.41, 5.74) is 8.61. The number of aliphatic imine (C=N–C) groups is 2. The number of pyridine rings is 1. The fourth-order valence-electron chi connectivity index (χ4n) is 3.94. The summed E-state index contributed by atoms with van der Waals surface area (Å²) in [6.45, 7) is 0.628. The van der Waals surface area contributed by atoms with Gasteiger partial charge in [0.25, 0.3) is 11.8 Å². The predicted molar refractivity (Wildman–Crippen MR) is 146 cm³/mol. The number of nitrogens with one attached hydrogen (secondary N) is 3. The molecule has 3 aromatic carbocycles. The molecule has 37 heavy (non-hydrogen) atoms. The molecule has 184 valence electrons. The molecule has 0 saturated heterocycles. The van der Waals surface area contributed by atoms with E-state index in [1.165, 1.54) is 0 Å². The van der Waals surface area contributed by atoms with Crippen molar-refractivity contribution in [3.8, 4) is 0 Å². The van der Waals surface area contributed by atoms with Gasteiger partial charge in [-0.05, 0) is 35.7 Å². The van der Waals surface area contributed by atoms with Crippen LogP contribution in [0.25, 0.3) is 10.8 Å². The Morgan fingerprint density at radius 2 is 1.73 bits per heavy atom. The Morgan fingerprint density at radius 3 is 2.57 bits per heavy atom. The number of anilines is 1. The lowest BCUT2D eigenvalue weighted by Crippen LogP contribution is -2.37. The van der Waals surface area contributed by atoms with Gasteiger partial charge in [-0.2, -0.15) is 0 Å². The van der Waals surface area contributed by atoms with Crippen LogP contribution in [-0.4, -0.2) is 41.6 Å². The summed E-state index contributed by atoms with van der Waals surface area (Å²) in [6, 6.07) is 24.1. The molecule has 1 aliphatic heterocycles. The monoisotopic (exact) mass is 491 g/mol. The van der Waals surface area contributed by atoms with Crippen LogP contribution in [0.4, 0.5) is 17.1 Å². The molecule has 1 aromatic heterocycles. The maximum atomic E-state index is 12.9. The van der Waals surface area contributed by atoms with Crippen molar-refractivity contribution in [2.24, 2.45) is 15.7 Å². The van der Waals surface area contributed by atoms with Crippen LogP contribution >= 0.6 is 0 Å². The Hall–Kier alpha value is -5.05. The minimum atomic E-state index is -0.370. The molecule has 1 aliphatic rings. The minimum absolute atomic E-state index is 0.285. The maximum Gasteiger partial charge on any atom is 0.275 e. The van der Waals surface area contributed by atoms with Crippen LogP contribution in [0.15, 0.2) is 95.0 Å². The van der Waals surface area contributed by atoms with Crippen LogP contribution in [0, 0.1) is 0 Å². The summed E-state index contributed by atoms with van der Waals surface area (Å²) in [5, 5.41) is 10.8. The van der Waals surface area contributed by atoms with Crippen molar-refractivity contribution in [2.45, 2.75) is 6.42 Å². The molecule has 0 atom stereocenters. The number of fused-ring (bicyclic) bond motifs is 2. The lowest BCUT2D eigenvalue weighted by atomic mass is 10.1. The van der Waals surface area contributed by atoms with Crippen LogP contribution < -0.4 is 21.7 Å². The first kappa shape index (κ1) is 23.7. The predicted octanol–water partition coefficient (Wildman–Crippen LogP) is 3.93. The van der Waals surface area contributed by atoms with Gasteiger partial charge in [-0.3, -0.25) is 14.6 Å². The Bertz CT molecular complexity index is 1530. The highest BCUT2D eigenvalue weighted by atomic mass is 16.2. The van der Waals surface area contributed by atoms with Gasteiger partial charge in [0.2, 0.25) is 0 Å². The first-order valence-electron chi connectivity index (χ1n) is 11.8. The molecule has 5 N–H and O–H groups in total. The Kier molecular flexibility index (Phi) is 6.84. The number of aromatic nitrogens is 1. The van der Waals surface area contributed by atoms with Crippen molar-refractivity contribution in [3.05, 3.63) is 96.3 Å². The average Bonchev–Trinajstić information content (AvgIpc) is 2.93. The fraction of sp³-hybridized carbons (Fsp3) is 0.107. The standard InChI is InChI=1S/C28H25N7O2/c29-24(33-20-9-2-1-3-10-20)13-14-30-27(36)21-11-6-12-22-26(21)34-25(17-32-22)35-28(37)23-15-18-7-4-5-8-19(18)16-31-23/h1-12,15-16,32H,13-14,17H2,(H2,29,33)(H,30,36)(H,34,35,37). The van der Waals surface area contributed by atoms with E-state index in [-0.39, 0.29) is 17.5 Å². The van der Waals surface area contributed by atoms with E-state index in [2.05, 4.69) is 30.9 Å². The molecular weight excluding hydrogens is 466 g/mol. The highest BCUT2D eigenvalue weighted by Crippen LogP contribution is 2.31. The molecular formula is C28H25N7O2. The number of amidine groups is 2. The zero-order valence-electron chi connectivity index (χ0n) is 19.9. The topological polar surface area (TPSA) is 134 Å². The third kappa shape index (κ3) is 5.62. The number of nitrogens with zero attached hydrogens (tertiary/aromatic N) is 3. The molecule has 2 heterocycles. The lowest BCUT2D eigenvalue weighted by molar-refractivity contribution is 0.0953. The first-order chi connectivity index (χ1) is 18.1. The number of amides is 2. The summed E-state index contributed by atoms with van der Waals surface area (Å²) >= 11 is 0. The zero-order valence-corrected chi connectivity index (χ0v) is 19.9. The SMILES string of the molecule is NC(CCNC(=O)c1cccc2c1N=C(NC(=O)c1cc3ccccc3cn1)CN2)=Nc1ccccc1. The number of carbonyl (C=O) groups excluding carboxylic acids is 2. The zero-order chi connectivity index (χ0) is 25.6. The quantitative estimate of drug-likeness (QED) is 0.240. The Morgan fingerprint density at radius 1 is 0.946 bits per heavy atom. The number of rotatable bonds is 6. The summed E-state index contributed by atoms with van der Waals surface area (Å²) < 4.78 is 0. The van der Waals surface area contributed by atoms with Crippen molar-refractivity contribution < 1.29 is 9.59 Å². The molecule has 0 aliphatic carbocycles. The average molecular weight is 492 g/mol. The summed E-state index contributed by atoms with van der Waals surface area (Å²) in [4.78, 5) is 39.0. The summed E-state index contributed by atoms with van der Waals surface area (Å²) in [5.74, 6) is 0.157. The number of nitrogens with two attached hydrogens (primary N) is 1. The largest absolute Gasteiger partial charge is 0.387 e. The maximum absolute atomic E-state index is 12.9. The van der Waals surface area contributed by atoms with Gasteiger partial charge < -0.3 is 21.7 Å². The Labute approximate surface area is 213 Å². The molecule has 5 rings (SSSR count). The number of para-hydroxylation sites is 2. The van der Waals surface area contributed by atoms with Crippen LogP contribution in [0.5, 0.6) is 0 Å². The van der Waals surface area contributed by atoms with Crippen LogP contribution in [-0.2, 0) is 0 Å². The van der Waals surface area contributed by atoms with Gasteiger partial charge in [-0.1, -0.05) is 48.5 Å². The van der Waals surface area contributed by atoms with Gasteiger partial charge in [0.05, 0.1) is 23.5 Å². The van der Waals surface area contributed by atoms with E-state index < -0.39 is 0 Å². The molecule has 0 radical (unpaired) electrons. The van der Waals surface area contributed by atoms with Crippen molar-refractivity contribution in [1.82, 2.24) is 15.6 Å². The second-order valence-electron chi connectivity index (χ2n) is 8.43. The van der Waals surface area contributed by atoms with Gasteiger partial charge in [-0.25, -0.2) is 9.98 Å². The van der Waals surface area contributed by atoms with Crippen molar-refractivity contribution in [1.29, 1.82) is 0 Å². The molecule has 4 aromatic rings. The molecule has 0 unspecified atom stereocenters. The number of benzene rings is 3. The van der Waals surface area contributed by atoms with E-state index in [9.17, 15) is 9.59 Å². The molecule has 9 nitrogen and oxygen atoms in total. The van der Waals surface area contributed by atoms with Gasteiger partial charge in [0.15, 0.2) is 0 Å². The van der Waals surface area contributed by atoms with Crippen molar-refractivity contribution in [2.75, 3.05) is 18.4 Å². The molecule has 2 amide bonds. The molecule has 0 spiro atoms. The third-order valence-corrected chi connectivity index (χ3v) is 5.79. The number of carbonyl (C=O) groups is 2. The fourth-order valence-corrected chi connectivity index (χ4v) is 3.94. The van der Waals surface area contributed by atoms with Crippen LogP contribution in [0.2, 0.25) is 0 Å². The molecule has 0 saturated carbocycles. The second kappa shape index (κ2) is 10.7. The van der Waals surface area contributed by atoms with Gasteiger partial charge in [-0.15, -0.1) is 0 Å². The smallest absolute Gasteiger partial charge is 0.275 e. The minimum Gasteiger partial charge on any atom is -0.387 e. The summed E-state index contributed by atoms with van der Waals surface area (Å²) in [7, 11) is 0. The van der Waals surface area contributed by atoms with Crippen molar-refractivity contribution >= 4 is 51.3 Å². The Balaban J connectivity index is 1.26. The third-order valence-electron chi connectivity index (χ3n) is 5.79. The van der Waals surface area contributed by atoms with E-state index in [4.69, 9.17) is 5.73 Å². The highest BCUT2D eigenvalue weighted by Gasteiger charge is 2.20. The van der Waals surface area contributed by atoms with E-state index >= 15 is 0 Å². The van der Waals surface area contributed by atoms with Crippen LogP contribution in [0.3, 0.4) is 0 Å². The van der Waals surface area contributed by atoms with Crippen LogP contribution in [0.1, 0.15) is 27.3 Å². The van der Waals surface area contributed by atoms with Gasteiger partial charge in [0, 0.05) is 24.5 Å². The number of hydrogen-bond donors (Lipinski definition) is 4. The van der Waals surface area contributed by atoms with Gasteiger partial charge >= 0.3 is 0 Å². The van der Waals surface area contributed by atoms with E-state index in [1.54, 1.807) is 24.4 Å². The molecule has 0 bridgehead atoms. The first-order valence-corrected chi connectivity index (χ1v) is 11.8. The normalized spacial score (nSPS) is 12.8. The van der Waals surface area contributed by atoms with E-state index in [1.807, 2.05) is 60.7 Å². The summed E-state index contributed by atoms with van der Waals surface area (Å²) in [6.07, 6.45) is 2.07. The lowest BCUT2D eigenvalue weighted by Gasteiger charge is -2.20.